The van der Waals surface area contributed by atoms with Gasteiger partial charge in [0.2, 0.25) is 0 Å². The molecule has 0 heterocycles. The maximum atomic E-state index is 13.1. The van der Waals surface area contributed by atoms with Crippen LogP contribution in [0.3, 0.4) is 0 Å². The van der Waals surface area contributed by atoms with Crippen molar-refractivity contribution in [1.82, 2.24) is 10.2 Å². The van der Waals surface area contributed by atoms with Gasteiger partial charge in [-0.15, -0.1) is 6.42 Å². The van der Waals surface area contributed by atoms with Crippen LogP contribution in [-0.4, -0.2) is 29.4 Å². The molecular weight excluding hydrogens is 345 g/mol. The first-order chi connectivity index (χ1) is 12.9. The van der Waals surface area contributed by atoms with Gasteiger partial charge < -0.3 is 15.5 Å². The number of anilines is 1. The minimum Gasteiger partial charge on any atom is -0.336 e. The number of hydrogen-bond acceptors (Lipinski definition) is 2. The molecule has 0 saturated heterocycles. The molecule has 2 aromatic carbocycles. The van der Waals surface area contributed by atoms with Gasteiger partial charge in [0, 0.05) is 23.8 Å². The van der Waals surface area contributed by atoms with Crippen molar-refractivity contribution in [3.8, 4) is 12.3 Å². The van der Waals surface area contributed by atoms with Gasteiger partial charge >= 0.3 is 6.03 Å². The largest absolute Gasteiger partial charge is 0.336 e. The summed E-state index contributed by atoms with van der Waals surface area (Å²) < 4.78 is 13.1. The summed E-state index contributed by atoms with van der Waals surface area (Å²) in [6.07, 6.45) is 5.40. The molecule has 0 aliphatic heterocycles. The molecule has 140 valence electrons. The average Bonchev–Trinajstić information content (AvgIpc) is 2.62. The fourth-order valence-electron chi connectivity index (χ4n) is 2.46. The molecule has 0 aliphatic rings. The first-order valence-electron chi connectivity index (χ1n) is 8.54. The third-order valence-corrected chi connectivity index (χ3v) is 3.64. The molecule has 0 atom stereocenters. The quantitative estimate of drug-likeness (QED) is 0.766. The number of carbonyl (C=O) groups is 2. The Labute approximate surface area is 158 Å². The second-order valence-corrected chi connectivity index (χ2v) is 6.33. The summed E-state index contributed by atoms with van der Waals surface area (Å²) in [6, 6.07) is 12.2. The lowest BCUT2D eigenvalue weighted by molar-refractivity contribution is 0.0765. The Morgan fingerprint density at radius 3 is 2.52 bits per heavy atom. The van der Waals surface area contributed by atoms with Gasteiger partial charge in [0.25, 0.3) is 5.91 Å². The lowest BCUT2D eigenvalue weighted by atomic mass is 10.1. The van der Waals surface area contributed by atoms with E-state index in [0.717, 1.165) is 5.56 Å². The fourth-order valence-corrected chi connectivity index (χ4v) is 2.46. The van der Waals surface area contributed by atoms with E-state index < -0.39 is 0 Å². The van der Waals surface area contributed by atoms with Crippen LogP contribution in [0, 0.1) is 18.2 Å². The molecule has 0 aliphatic carbocycles. The van der Waals surface area contributed by atoms with Crippen molar-refractivity contribution in [2.45, 2.75) is 26.4 Å². The number of halogens is 1. The molecule has 0 spiro atoms. The van der Waals surface area contributed by atoms with Crippen LogP contribution in [-0.2, 0) is 6.54 Å². The van der Waals surface area contributed by atoms with Crippen LogP contribution in [0.4, 0.5) is 14.9 Å². The Kier molecular flexibility index (Phi) is 6.95. The number of carbonyl (C=O) groups excluding carboxylic acids is 2. The average molecular weight is 367 g/mol. The molecule has 2 aromatic rings. The van der Waals surface area contributed by atoms with E-state index in [-0.39, 0.29) is 36.9 Å². The maximum Gasteiger partial charge on any atom is 0.319 e. The molecule has 0 saturated carbocycles. The summed E-state index contributed by atoms with van der Waals surface area (Å²) in [5.41, 5.74) is 1.67. The molecule has 0 unspecified atom stereocenters. The predicted octanol–water partition coefficient (Wildman–Crippen LogP) is 3.63. The zero-order valence-electron chi connectivity index (χ0n) is 15.3. The van der Waals surface area contributed by atoms with Crippen molar-refractivity contribution in [3.63, 3.8) is 0 Å². The number of urea groups is 1. The second-order valence-electron chi connectivity index (χ2n) is 6.33. The van der Waals surface area contributed by atoms with E-state index in [4.69, 9.17) is 6.42 Å². The fraction of sp³-hybridized carbons (Fsp3) is 0.238. The normalized spacial score (nSPS) is 10.2. The Balaban J connectivity index is 2.15. The van der Waals surface area contributed by atoms with Gasteiger partial charge in [0.15, 0.2) is 0 Å². The second kappa shape index (κ2) is 9.39. The molecule has 6 heteroatoms. The van der Waals surface area contributed by atoms with E-state index in [1.165, 1.54) is 17.0 Å². The zero-order valence-corrected chi connectivity index (χ0v) is 15.3. The van der Waals surface area contributed by atoms with Gasteiger partial charge in [0.1, 0.15) is 5.82 Å². The number of amides is 3. The molecule has 0 fully saturated rings. The molecule has 0 aromatic heterocycles. The van der Waals surface area contributed by atoms with Gasteiger partial charge in [-0.3, -0.25) is 4.79 Å². The van der Waals surface area contributed by atoms with Crippen molar-refractivity contribution in [3.05, 3.63) is 65.5 Å². The summed E-state index contributed by atoms with van der Waals surface area (Å²) in [6.45, 7) is 4.08. The van der Waals surface area contributed by atoms with E-state index in [1.807, 2.05) is 13.8 Å². The summed E-state index contributed by atoms with van der Waals surface area (Å²) in [4.78, 5) is 26.2. The molecular formula is C21H22FN3O2. The van der Waals surface area contributed by atoms with Crippen LogP contribution in [0.25, 0.3) is 0 Å². The zero-order chi connectivity index (χ0) is 19.8. The number of benzene rings is 2. The molecule has 5 nitrogen and oxygen atoms in total. The molecule has 2 rings (SSSR count). The van der Waals surface area contributed by atoms with Crippen molar-refractivity contribution in [1.29, 1.82) is 0 Å². The van der Waals surface area contributed by atoms with Gasteiger partial charge in [-0.1, -0.05) is 24.1 Å². The third-order valence-electron chi connectivity index (χ3n) is 3.64. The van der Waals surface area contributed by atoms with E-state index in [1.54, 1.807) is 36.4 Å². The summed E-state index contributed by atoms with van der Waals surface area (Å²) >= 11 is 0. The molecule has 27 heavy (non-hydrogen) atoms. The number of nitrogens with zero attached hydrogens (tertiary/aromatic N) is 1. The minimum atomic E-state index is -0.346. The van der Waals surface area contributed by atoms with Crippen molar-refractivity contribution < 1.29 is 14.0 Å². The maximum absolute atomic E-state index is 13.1. The van der Waals surface area contributed by atoms with E-state index in [9.17, 15) is 14.0 Å². The highest BCUT2D eigenvalue weighted by Crippen LogP contribution is 2.15. The van der Waals surface area contributed by atoms with Gasteiger partial charge in [-0.05, 0) is 49.7 Å². The lowest BCUT2D eigenvalue weighted by Crippen LogP contribution is -2.34. The number of terminal acetylenes is 1. The van der Waals surface area contributed by atoms with Crippen molar-refractivity contribution in [2.24, 2.45) is 0 Å². The predicted molar refractivity (Wildman–Crippen MR) is 104 cm³/mol. The van der Waals surface area contributed by atoms with Crippen LogP contribution >= 0.6 is 0 Å². The Hall–Kier alpha value is -3.33. The molecule has 2 N–H and O–H groups in total. The van der Waals surface area contributed by atoms with Crippen molar-refractivity contribution in [2.75, 3.05) is 11.9 Å². The summed E-state index contributed by atoms with van der Waals surface area (Å²) in [5.74, 6) is 1.86. The van der Waals surface area contributed by atoms with Crippen molar-refractivity contribution >= 4 is 17.6 Å². The van der Waals surface area contributed by atoms with Gasteiger partial charge in [-0.2, -0.15) is 0 Å². The monoisotopic (exact) mass is 367 g/mol. The van der Waals surface area contributed by atoms with Crippen LogP contribution in [0.5, 0.6) is 0 Å². The van der Waals surface area contributed by atoms with Gasteiger partial charge in [0.05, 0.1) is 6.54 Å². The van der Waals surface area contributed by atoms with Crippen LogP contribution in [0.1, 0.15) is 29.8 Å². The highest BCUT2D eigenvalue weighted by Gasteiger charge is 2.16. The van der Waals surface area contributed by atoms with Crippen LogP contribution in [0.15, 0.2) is 48.5 Å². The first kappa shape index (κ1) is 20.0. The Bertz CT molecular complexity index is 841. The number of nitrogens with one attached hydrogen (secondary N) is 2. The highest BCUT2D eigenvalue weighted by molar-refractivity contribution is 5.97. The first-order valence-corrected chi connectivity index (χ1v) is 8.54. The van der Waals surface area contributed by atoms with E-state index in [0.29, 0.717) is 11.3 Å². The lowest BCUT2D eigenvalue weighted by Gasteiger charge is -2.21. The molecule has 0 bridgehead atoms. The van der Waals surface area contributed by atoms with E-state index >= 15 is 0 Å². The van der Waals surface area contributed by atoms with Crippen LogP contribution < -0.4 is 10.6 Å². The standard InChI is InChI=1S/C21H22FN3O2/c1-4-12-25(14-16-8-10-18(22)11-9-16)20(26)17-6-5-7-19(13-17)24-21(27)23-15(2)3/h1,5-11,13,15H,12,14H2,2-3H3,(H2,23,24,27). The third kappa shape index (κ3) is 6.15. The SMILES string of the molecule is C#CCN(Cc1ccc(F)cc1)C(=O)c1cccc(NC(=O)NC(C)C)c1. The smallest absolute Gasteiger partial charge is 0.319 e. The molecule has 0 radical (unpaired) electrons. The van der Waals surface area contributed by atoms with E-state index in [2.05, 4.69) is 16.6 Å². The summed E-state index contributed by atoms with van der Waals surface area (Å²) in [7, 11) is 0. The highest BCUT2D eigenvalue weighted by atomic mass is 19.1. The minimum absolute atomic E-state index is 0.00311. The van der Waals surface area contributed by atoms with Gasteiger partial charge in [-0.25, -0.2) is 9.18 Å². The number of rotatable bonds is 6. The Morgan fingerprint density at radius 1 is 1.19 bits per heavy atom. The number of hydrogen-bond donors (Lipinski definition) is 2. The summed E-state index contributed by atoms with van der Waals surface area (Å²) in [5, 5.41) is 5.41. The Morgan fingerprint density at radius 2 is 1.89 bits per heavy atom. The topological polar surface area (TPSA) is 61.4 Å². The van der Waals surface area contributed by atoms with Crippen LogP contribution in [0.2, 0.25) is 0 Å². The molecule has 3 amide bonds.